The molecule has 0 bridgehead atoms. The molecule has 0 aromatic heterocycles. The van der Waals surface area contributed by atoms with E-state index >= 15 is 0 Å². The number of hydrogen-bond acceptors (Lipinski definition) is 2. The lowest BCUT2D eigenvalue weighted by molar-refractivity contribution is 0.388. The van der Waals surface area contributed by atoms with Crippen LogP contribution in [0.15, 0.2) is 0 Å². The summed E-state index contributed by atoms with van der Waals surface area (Å²) in [6.45, 7) is 9.82. The SMILES string of the molecule is CC.CCCCN[C@@H]1CCCNC1. The van der Waals surface area contributed by atoms with Gasteiger partial charge in [0.25, 0.3) is 0 Å². The molecule has 0 aromatic carbocycles. The lowest BCUT2D eigenvalue weighted by atomic mass is 10.1. The minimum atomic E-state index is 0.746. The number of piperidine rings is 1. The Kier molecular flexibility index (Phi) is 9.94. The molecule has 2 nitrogen and oxygen atoms in total. The van der Waals surface area contributed by atoms with E-state index in [-0.39, 0.29) is 0 Å². The Balaban J connectivity index is 0.000000671. The van der Waals surface area contributed by atoms with E-state index in [0.29, 0.717) is 0 Å². The number of hydrogen-bond donors (Lipinski definition) is 2. The summed E-state index contributed by atoms with van der Waals surface area (Å²) < 4.78 is 0. The molecule has 2 N–H and O–H groups in total. The molecular weight excluding hydrogens is 160 g/mol. The van der Waals surface area contributed by atoms with Crippen molar-refractivity contribution in [3.05, 3.63) is 0 Å². The van der Waals surface area contributed by atoms with Gasteiger partial charge in [-0.2, -0.15) is 0 Å². The second-order valence-corrected chi connectivity index (χ2v) is 3.35. The summed E-state index contributed by atoms with van der Waals surface area (Å²) in [7, 11) is 0. The van der Waals surface area contributed by atoms with Crippen molar-refractivity contribution in [3.8, 4) is 0 Å². The Labute approximate surface area is 83.5 Å². The predicted octanol–water partition coefficient (Wildman–Crippen LogP) is 2.15. The third kappa shape index (κ3) is 7.03. The molecule has 13 heavy (non-hydrogen) atoms. The van der Waals surface area contributed by atoms with Gasteiger partial charge in [0, 0.05) is 12.6 Å². The van der Waals surface area contributed by atoms with E-state index in [9.17, 15) is 0 Å². The van der Waals surface area contributed by atoms with E-state index in [2.05, 4.69) is 17.6 Å². The molecule has 1 aliphatic rings. The number of nitrogens with one attached hydrogen (secondary N) is 2. The third-order valence-electron chi connectivity index (χ3n) is 2.26. The van der Waals surface area contributed by atoms with Gasteiger partial charge in [0.05, 0.1) is 0 Å². The molecule has 0 radical (unpaired) electrons. The Morgan fingerprint density at radius 1 is 1.38 bits per heavy atom. The highest BCUT2D eigenvalue weighted by Crippen LogP contribution is 2.00. The zero-order valence-corrected chi connectivity index (χ0v) is 9.53. The molecular formula is C11H26N2. The molecule has 0 unspecified atom stereocenters. The highest BCUT2D eigenvalue weighted by molar-refractivity contribution is 4.74. The van der Waals surface area contributed by atoms with Crippen molar-refractivity contribution in [1.82, 2.24) is 10.6 Å². The fourth-order valence-electron chi connectivity index (χ4n) is 1.51. The van der Waals surface area contributed by atoms with Crippen molar-refractivity contribution < 1.29 is 0 Å². The van der Waals surface area contributed by atoms with Gasteiger partial charge in [0.2, 0.25) is 0 Å². The second kappa shape index (κ2) is 10.0. The minimum absolute atomic E-state index is 0.746. The van der Waals surface area contributed by atoms with Crippen LogP contribution in [0, 0.1) is 0 Å². The van der Waals surface area contributed by atoms with Gasteiger partial charge in [-0.05, 0) is 32.4 Å². The Bertz CT molecular complexity index is 88.1. The van der Waals surface area contributed by atoms with Crippen LogP contribution in [-0.4, -0.2) is 25.7 Å². The summed E-state index contributed by atoms with van der Waals surface area (Å²) in [5.74, 6) is 0. The van der Waals surface area contributed by atoms with Crippen LogP contribution < -0.4 is 10.6 Å². The zero-order chi connectivity index (χ0) is 9.94. The fraction of sp³-hybridized carbons (Fsp3) is 1.00. The van der Waals surface area contributed by atoms with Gasteiger partial charge in [0.1, 0.15) is 0 Å². The van der Waals surface area contributed by atoms with Gasteiger partial charge in [0.15, 0.2) is 0 Å². The molecule has 0 saturated carbocycles. The predicted molar refractivity (Wildman–Crippen MR) is 60.2 cm³/mol. The van der Waals surface area contributed by atoms with Crippen LogP contribution in [0.4, 0.5) is 0 Å². The maximum absolute atomic E-state index is 3.56. The summed E-state index contributed by atoms with van der Waals surface area (Å²) in [5, 5.41) is 6.96. The van der Waals surface area contributed by atoms with Crippen LogP contribution in [-0.2, 0) is 0 Å². The molecule has 80 valence electrons. The minimum Gasteiger partial charge on any atom is -0.315 e. The molecule has 1 aliphatic heterocycles. The van der Waals surface area contributed by atoms with Crippen molar-refractivity contribution in [3.63, 3.8) is 0 Å². The van der Waals surface area contributed by atoms with E-state index in [1.807, 2.05) is 13.8 Å². The van der Waals surface area contributed by atoms with Gasteiger partial charge in [-0.3, -0.25) is 0 Å². The molecule has 2 heteroatoms. The van der Waals surface area contributed by atoms with E-state index in [1.165, 1.54) is 45.3 Å². The lowest BCUT2D eigenvalue weighted by Gasteiger charge is -2.23. The summed E-state index contributed by atoms with van der Waals surface area (Å²) in [5.41, 5.74) is 0. The normalized spacial score (nSPS) is 21.9. The first-order valence-electron chi connectivity index (χ1n) is 5.87. The summed E-state index contributed by atoms with van der Waals surface area (Å²) >= 11 is 0. The van der Waals surface area contributed by atoms with Gasteiger partial charge in [-0.25, -0.2) is 0 Å². The van der Waals surface area contributed by atoms with Crippen LogP contribution >= 0.6 is 0 Å². The third-order valence-corrected chi connectivity index (χ3v) is 2.26. The first-order chi connectivity index (χ1) is 6.43. The van der Waals surface area contributed by atoms with Crippen molar-refractivity contribution >= 4 is 0 Å². The first kappa shape index (κ1) is 12.9. The topological polar surface area (TPSA) is 24.1 Å². The van der Waals surface area contributed by atoms with Crippen molar-refractivity contribution in [2.75, 3.05) is 19.6 Å². The van der Waals surface area contributed by atoms with Crippen LogP contribution in [0.5, 0.6) is 0 Å². The fourth-order valence-corrected chi connectivity index (χ4v) is 1.51. The van der Waals surface area contributed by atoms with E-state index in [0.717, 1.165) is 6.04 Å². The molecule has 0 aromatic rings. The summed E-state index contributed by atoms with van der Waals surface area (Å²) in [6, 6.07) is 0.746. The maximum Gasteiger partial charge on any atom is 0.0192 e. The molecule has 0 amide bonds. The van der Waals surface area contributed by atoms with E-state index in [1.54, 1.807) is 0 Å². The smallest absolute Gasteiger partial charge is 0.0192 e. The van der Waals surface area contributed by atoms with Gasteiger partial charge >= 0.3 is 0 Å². The van der Waals surface area contributed by atoms with E-state index in [4.69, 9.17) is 0 Å². The van der Waals surface area contributed by atoms with Crippen molar-refractivity contribution in [2.24, 2.45) is 0 Å². The van der Waals surface area contributed by atoms with Crippen LogP contribution in [0.1, 0.15) is 46.5 Å². The zero-order valence-electron chi connectivity index (χ0n) is 9.53. The highest BCUT2D eigenvalue weighted by atomic mass is 15.0. The molecule has 0 aliphatic carbocycles. The highest BCUT2D eigenvalue weighted by Gasteiger charge is 2.10. The largest absolute Gasteiger partial charge is 0.315 e. The average Bonchev–Trinajstić information content (AvgIpc) is 2.23. The summed E-state index contributed by atoms with van der Waals surface area (Å²) in [4.78, 5) is 0. The standard InChI is InChI=1S/C9H20N2.C2H6/c1-2-3-7-11-9-5-4-6-10-8-9;1-2/h9-11H,2-8H2,1H3;1-2H3/t9-;/m1./s1. The van der Waals surface area contributed by atoms with E-state index < -0.39 is 0 Å². The van der Waals surface area contributed by atoms with Crippen LogP contribution in [0.3, 0.4) is 0 Å². The quantitative estimate of drug-likeness (QED) is 0.657. The van der Waals surface area contributed by atoms with Crippen molar-refractivity contribution in [1.29, 1.82) is 0 Å². The Hall–Kier alpha value is -0.0800. The van der Waals surface area contributed by atoms with Gasteiger partial charge < -0.3 is 10.6 Å². The second-order valence-electron chi connectivity index (χ2n) is 3.35. The van der Waals surface area contributed by atoms with Crippen LogP contribution in [0.25, 0.3) is 0 Å². The van der Waals surface area contributed by atoms with Gasteiger partial charge in [-0.1, -0.05) is 27.2 Å². The molecule has 1 saturated heterocycles. The monoisotopic (exact) mass is 186 g/mol. The molecule has 1 rings (SSSR count). The lowest BCUT2D eigenvalue weighted by Crippen LogP contribution is -2.43. The number of rotatable bonds is 4. The molecule has 0 spiro atoms. The van der Waals surface area contributed by atoms with Gasteiger partial charge in [-0.15, -0.1) is 0 Å². The Morgan fingerprint density at radius 3 is 2.69 bits per heavy atom. The molecule has 1 heterocycles. The molecule has 1 fully saturated rings. The summed E-state index contributed by atoms with van der Waals surface area (Å²) in [6.07, 6.45) is 5.31. The first-order valence-corrected chi connectivity index (χ1v) is 5.87. The van der Waals surface area contributed by atoms with Crippen LogP contribution in [0.2, 0.25) is 0 Å². The molecule has 1 atom stereocenters. The van der Waals surface area contributed by atoms with Crippen molar-refractivity contribution in [2.45, 2.75) is 52.5 Å². The number of unbranched alkanes of at least 4 members (excludes halogenated alkanes) is 1. The average molecular weight is 186 g/mol. The Morgan fingerprint density at radius 2 is 2.15 bits per heavy atom. The maximum atomic E-state index is 3.56.